The van der Waals surface area contributed by atoms with Crippen LogP contribution in [0.15, 0.2) is 29.1 Å². The van der Waals surface area contributed by atoms with Gasteiger partial charge in [-0.3, -0.25) is 9.59 Å². The van der Waals surface area contributed by atoms with Crippen molar-refractivity contribution in [2.45, 2.75) is 64.5 Å². The molecule has 8 heteroatoms. The van der Waals surface area contributed by atoms with E-state index in [4.69, 9.17) is 0 Å². The SMILES string of the molecule is Cc1nn([C@@H](C)C(=O)NCCCN2CCC(N3CCCCC3)CC2)c(=O)c2c1sc1ccccc12. The Bertz CT molecular complexity index is 1240. The van der Waals surface area contributed by atoms with Crippen molar-refractivity contribution in [2.75, 3.05) is 39.3 Å². The predicted octanol–water partition coefficient (Wildman–Crippen LogP) is 3.94. The maximum absolute atomic E-state index is 13.3. The Morgan fingerprint density at radius 1 is 1.14 bits per heavy atom. The average molecular weight is 496 g/mol. The lowest BCUT2D eigenvalue weighted by Crippen LogP contribution is -2.47. The Labute approximate surface area is 211 Å². The van der Waals surface area contributed by atoms with Crippen LogP contribution in [0.4, 0.5) is 0 Å². The molecule has 0 unspecified atom stereocenters. The van der Waals surface area contributed by atoms with Gasteiger partial charge >= 0.3 is 0 Å². The molecule has 1 atom stereocenters. The number of hydrogen-bond acceptors (Lipinski definition) is 6. The molecule has 5 rings (SSSR count). The summed E-state index contributed by atoms with van der Waals surface area (Å²) in [6, 6.07) is 8.03. The van der Waals surface area contributed by atoms with Gasteiger partial charge in [-0.25, -0.2) is 4.68 Å². The van der Waals surface area contributed by atoms with Crippen molar-refractivity contribution < 1.29 is 4.79 Å². The highest BCUT2D eigenvalue weighted by atomic mass is 32.1. The highest BCUT2D eigenvalue weighted by Crippen LogP contribution is 2.32. The molecule has 0 spiro atoms. The first-order valence-corrected chi connectivity index (χ1v) is 14.0. The summed E-state index contributed by atoms with van der Waals surface area (Å²) < 4.78 is 3.33. The minimum atomic E-state index is -0.649. The molecule has 2 aliphatic rings. The molecule has 4 heterocycles. The van der Waals surface area contributed by atoms with Gasteiger partial charge in [-0.1, -0.05) is 24.6 Å². The molecule has 0 radical (unpaired) electrons. The smallest absolute Gasteiger partial charge is 0.276 e. The van der Waals surface area contributed by atoms with Crippen molar-refractivity contribution in [2.24, 2.45) is 0 Å². The van der Waals surface area contributed by atoms with E-state index in [1.165, 1.54) is 49.9 Å². The van der Waals surface area contributed by atoms with E-state index in [1.807, 2.05) is 31.2 Å². The minimum absolute atomic E-state index is 0.151. The van der Waals surface area contributed by atoms with Gasteiger partial charge in [0, 0.05) is 22.7 Å². The maximum atomic E-state index is 13.3. The second-order valence-corrected chi connectivity index (χ2v) is 11.2. The summed E-state index contributed by atoms with van der Waals surface area (Å²) in [4.78, 5) is 31.4. The first-order valence-electron chi connectivity index (χ1n) is 13.2. The minimum Gasteiger partial charge on any atom is -0.354 e. The van der Waals surface area contributed by atoms with Gasteiger partial charge in [-0.05, 0) is 84.7 Å². The van der Waals surface area contributed by atoms with Crippen LogP contribution >= 0.6 is 11.3 Å². The van der Waals surface area contributed by atoms with Gasteiger partial charge in [0.1, 0.15) is 6.04 Å². The lowest BCUT2D eigenvalue weighted by atomic mass is 10.00. The molecule has 2 aromatic heterocycles. The Kier molecular flexibility index (Phi) is 7.51. The normalized spacial score (nSPS) is 19.4. The summed E-state index contributed by atoms with van der Waals surface area (Å²) >= 11 is 1.59. The van der Waals surface area contributed by atoms with Crippen molar-refractivity contribution in [3.05, 3.63) is 40.3 Å². The van der Waals surface area contributed by atoms with Gasteiger partial charge in [0.2, 0.25) is 5.91 Å². The highest BCUT2D eigenvalue weighted by Gasteiger charge is 2.25. The summed E-state index contributed by atoms with van der Waals surface area (Å²) in [7, 11) is 0. The fraction of sp³-hybridized carbons (Fsp3) is 0.593. The molecule has 35 heavy (non-hydrogen) atoms. The number of fused-ring (bicyclic) bond motifs is 3. The quantitative estimate of drug-likeness (QED) is 0.503. The number of thiophene rings is 1. The third-order valence-electron chi connectivity index (χ3n) is 7.76. The second kappa shape index (κ2) is 10.8. The number of rotatable bonds is 7. The monoisotopic (exact) mass is 495 g/mol. The molecular weight excluding hydrogens is 458 g/mol. The number of piperidine rings is 2. The van der Waals surface area contributed by atoms with E-state index < -0.39 is 6.04 Å². The van der Waals surface area contributed by atoms with Gasteiger partial charge in [0.15, 0.2) is 0 Å². The summed E-state index contributed by atoms with van der Waals surface area (Å²) in [5.74, 6) is -0.151. The van der Waals surface area contributed by atoms with Crippen LogP contribution in [-0.2, 0) is 4.79 Å². The molecular formula is C27H37N5O2S. The summed E-state index contributed by atoms with van der Waals surface area (Å²) in [5, 5.41) is 9.15. The van der Waals surface area contributed by atoms with Crippen LogP contribution in [0.1, 0.15) is 57.2 Å². The topological polar surface area (TPSA) is 70.5 Å². The summed E-state index contributed by atoms with van der Waals surface area (Å²) in [5.41, 5.74) is 0.593. The number of nitrogens with one attached hydrogen (secondary N) is 1. The molecule has 1 aromatic carbocycles. The first-order chi connectivity index (χ1) is 17.0. The largest absolute Gasteiger partial charge is 0.354 e. The standard InChI is InChI=1S/C27H37N5O2S/c1-19-25-24(22-9-4-5-10-23(22)35-25)27(34)32(29-19)20(2)26(33)28-13-8-14-30-17-11-21(12-18-30)31-15-6-3-7-16-31/h4-5,9-10,20-21H,3,6-8,11-18H2,1-2H3,(H,28,33)/t20-/m0/s1. The number of carbonyl (C=O) groups excluding carboxylic acids is 1. The van der Waals surface area contributed by atoms with Gasteiger partial charge in [-0.15, -0.1) is 11.3 Å². The molecule has 3 aromatic rings. The average Bonchev–Trinajstić information content (AvgIpc) is 3.30. The second-order valence-electron chi connectivity index (χ2n) is 10.1. The van der Waals surface area contributed by atoms with E-state index >= 15 is 0 Å². The summed E-state index contributed by atoms with van der Waals surface area (Å²) in [6.07, 6.45) is 7.55. The van der Waals surface area contributed by atoms with Gasteiger partial charge in [0.25, 0.3) is 5.56 Å². The van der Waals surface area contributed by atoms with Crippen LogP contribution in [0.5, 0.6) is 0 Å². The molecule has 2 aliphatic heterocycles. The van der Waals surface area contributed by atoms with Crippen molar-refractivity contribution in [1.82, 2.24) is 24.9 Å². The van der Waals surface area contributed by atoms with E-state index in [-0.39, 0.29) is 11.5 Å². The molecule has 2 saturated heterocycles. The number of nitrogens with zero attached hydrogens (tertiary/aromatic N) is 4. The van der Waals surface area contributed by atoms with Crippen molar-refractivity contribution in [3.63, 3.8) is 0 Å². The molecule has 0 bridgehead atoms. The number of likely N-dealkylation sites (tertiary alicyclic amines) is 2. The van der Waals surface area contributed by atoms with Crippen molar-refractivity contribution >= 4 is 37.4 Å². The van der Waals surface area contributed by atoms with Gasteiger partial charge < -0.3 is 15.1 Å². The third-order valence-corrected chi connectivity index (χ3v) is 9.04. The van der Waals surface area contributed by atoms with Crippen molar-refractivity contribution in [1.29, 1.82) is 0 Å². The van der Waals surface area contributed by atoms with Crippen molar-refractivity contribution in [3.8, 4) is 0 Å². The van der Waals surface area contributed by atoms with E-state index in [1.54, 1.807) is 18.3 Å². The molecule has 1 amide bonds. The maximum Gasteiger partial charge on any atom is 0.276 e. The number of aromatic nitrogens is 2. The molecule has 0 aliphatic carbocycles. The van der Waals surface area contributed by atoms with E-state index in [2.05, 4.69) is 20.2 Å². The van der Waals surface area contributed by atoms with E-state index in [0.29, 0.717) is 11.9 Å². The first kappa shape index (κ1) is 24.4. The van der Waals surface area contributed by atoms with Gasteiger partial charge in [-0.2, -0.15) is 5.10 Å². The number of carbonyl (C=O) groups is 1. The zero-order chi connectivity index (χ0) is 24.4. The van der Waals surface area contributed by atoms with E-state index in [0.717, 1.165) is 52.6 Å². The number of aryl methyl sites for hydroxylation is 1. The lowest BCUT2D eigenvalue weighted by molar-refractivity contribution is -0.124. The fourth-order valence-corrected chi connectivity index (χ4v) is 6.84. The fourth-order valence-electron chi connectivity index (χ4n) is 5.71. The van der Waals surface area contributed by atoms with Crippen LogP contribution in [0.3, 0.4) is 0 Å². The zero-order valence-electron chi connectivity index (χ0n) is 21.0. The zero-order valence-corrected chi connectivity index (χ0v) is 21.8. The molecule has 188 valence electrons. The van der Waals surface area contributed by atoms with Crippen LogP contribution < -0.4 is 10.9 Å². The number of amides is 1. The number of hydrogen-bond donors (Lipinski definition) is 1. The Balaban J connectivity index is 1.14. The molecule has 2 fully saturated rings. The summed E-state index contributed by atoms with van der Waals surface area (Å²) in [6.45, 7) is 10.2. The Morgan fingerprint density at radius 3 is 2.66 bits per heavy atom. The van der Waals surface area contributed by atoms with E-state index in [9.17, 15) is 9.59 Å². The Morgan fingerprint density at radius 2 is 1.89 bits per heavy atom. The number of benzene rings is 1. The predicted molar refractivity (Wildman–Crippen MR) is 143 cm³/mol. The molecule has 1 N–H and O–H groups in total. The van der Waals surface area contributed by atoms with Crippen LogP contribution in [0.25, 0.3) is 20.2 Å². The molecule has 7 nitrogen and oxygen atoms in total. The third kappa shape index (κ3) is 5.15. The van der Waals surface area contributed by atoms with Crippen LogP contribution in [0, 0.1) is 6.92 Å². The highest BCUT2D eigenvalue weighted by molar-refractivity contribution is 7.26. The van der Waals surface area contributed by atoms with Gasteiger partial charge in [0.05, 0.1) is 15.8 Å². The molecule has 0 saturated carbocycles. The van der Waals surface area contributed by atoms with Crippen LogP contribution in [-0.4, -0.2) is 70.8 Å². The lowest BCUT2D eigenvalue weighted by Gasteiger charge is -2.40. The Hall–Kier alpha value is -2.29. The van der Waals surface area contributed by atoms with Crippen LogP contribution in [0.2, 0.25) is 0 Å².